The minimum atomic E-state index is -0.472. The number of amides is 1. The molecule has 3 rings (SSSR count). The van der Waals surface area contributed by atoms with Gasteiger partial charge in [-0.1, -0.05) is 30.3 Å². The third-order valence-electron chi connectivity index (χ3n) is 3.20. The van der Waals surface area contributed by atoms with Crippen molar-refractivity contribution < 1.29 is 14.3 Å². The van der Waals surface area contributed by atoms with Crippen molar-refractivity contribution in [1.29, 1.82) is 0 Å². The van der Waals surface area contributed by atoms with Crippen molar-refractivity contribution in [2.24, 2.45) is 0 Å². The van der Waals surface area contributed by atoms with Gasteiger partial charge in [-0.2, -0.15) is 0 Å². The maximum Gasteiger partial charge on any atom is 0.411 e. The van der Waals surface area contributed by atoms with Gasteiger partial charge in [-0.05, 0) is 24.6 Å². The van der Waals surface area contributed by atoms with Crippen LogP contribution in [0.1, 0.15) is 12.5 Å². The Balaban J connectivity index is 1.58. The third kappa shape index (κ3) is 3.74. The number of hydrogen-bond donors (Lipinski definition) is 1. The number of thioether (sulfide) groups is 1. The van der Waals surface area contributed by atoms with Crippen LogP contribution in [0.2, 0.25) is 0 Å². The second kappa shape index (κ2) is 6.75. The second-order valence-electron chi connectivity index (χ2n) is 5.09. The number of hydrogen-bond acceptors (Lipinski definition) is 4. The van der Waals surface area contributed by atoms with Gasteiger partial charge < -0.3 is 9.47 Å². The van der Waals surface area contributed by atoms with Gasteiger partial charge >= 0.3 is 6.09 Å². The number of carbonyl (C=O) groups excluding carboxylic acids is 1. The zero-order valence-corrected chi connectivity index (χ0v) is 13.1. The van der Waals surface area contributed by atoms with Gasteiger partial charge in [0, 0.05) is 21.9 Å². The van der Waals surface area contributed by atoms with E-state index in [4.69, 9.17) is 9.47 Å². The van der Waals surface area contributed by atoms with Crippen LogP contribution in [-0.2, 0) is 11.3 Å². The van der Waals surface area contributed by atoms with Crippen LogP contribution in [0, 0.1) is 0 Å². The van der Waals surface area contributed by atoms with Crippen LogP contribution in [0.25, 0.3) is 0 Å². The highest BCUT2D eigenvalue weighted by atomic mass is 32.2. The average Bonchev–Trinajstić information content (AvgIpc) is 2.54. The molecule has 1 aliphatic rings. The van der Waals surface area contributed by atoms with Gasteiger partial charge in [-0.3, -0.25) is 5.32 Å². The predicted molar refractivity (Wildman–Crippen MR) is 87.5 cm³/mol. The summed E-state index contributed by atoms with van der Waals surface area (Å²) < 4.78 is 10.9. The Hall–Kier alpha value is -2.14. The van der Waals surface area contributed by atoms with E-state index in [0.29, 0.717) is 17.5 Å². The normalized spacial score (nSPS) is 16.3. The Morgan fingerprint density at radius 1 is 1.32 bits per heavy atom. The number of benzene rings is 2. The molecule has 22 heavy (non-hydrogen) atoms. The number of fused-ring (bicyclic) bond motifs is 1. The first-order valence-corrected chi connectivity index (χ1v) is 8.00. The van der Waals surface area contributed by atoms with E-state index in [2.05, 4.69) is 12.2 Å². The van der Waals surface area contributed by atoms with E-state index in [-0.39, 0.29) is 6.61 Å². The summed E-state index contributed by atoms with van der Waals surface area (Å²) in [6.45, 7) is 3.06. The molecule has 1 unspecified atom stereocenters. The largest absolute Gasteiger partial charge is 0.491 e. The summed E-state index contributed by atoms with van der Waals surface area (Å²) in [6.07, 6.45) is -0.472. The summed E-state index contributed by atoms with van der Waals surface area (Å²) in [7, 11) is 0. The molecular formula is C17H17NO3S. The predicted octanol–water partition coefficient (Wildman–Crippen LogP) is 4.31. The van der Waals surface area contributed by atoms with E-state index < -0.39 is 6.09 Å². The van der Waals surface area contributed by atoms with Gasteiger partial charge in [-0.15, -0.1) is 11.8 Å². The summed E-state index contributed by atoms with van der Waals surface area (Å²) in [5.41, 5.74) is 1.63. The fourth-order valence-electron chi connectivity index (χ4n) is 2.13. The molecule has 4 nitrogen and oxygen atoms in total. The lowest BCUT2D eigenvalue weighted by Crippen LogP contribution is -2.17. The van der Waals surface area contributed by atoms with Crippen LogP contribution in [0.5, 0.6) is 5.75 Å². The molecule has 2 aromatic rings. The van der Waals surface area contributed by atoms with E-state index >= 15 is 0 Å². The van der Waals surface area contributed by atoms with E-state index in [1.54, 1.807) is 11.8 Å². The monoisotopic (exact) mass is 315 g/mol. The second-order valence-corrected chi connectivity index (χ2v) is 6.57. The molecule has 5 heteroatoms. The molecule has 0 saturated carbocycles. The maximum atomic E-state index is 11.8. The molecule has 0 bridgehead atoms. The summed E-state index contributed by atoms with van der Waals surface area (Å²) >= 11 is 1.78. The number of rotatable bonds is 3. The quantitative estimate of drug-likeness (QED) is 0.917. The highest BCUT2D eigenvalue weighted by Crippen LogP contribution is 2.38. The zero-order chi connectivity index (χ0) is 15.4. The Morgan fingerprint density at radius 2 is 2.14 bits per heavy atom. The number of anilines is 1. The Kier molecular flexibility index (Phi) is 4.53. The van der Waals surface area contributed by atoms with Crippen LogP contribution in [0.15, 0.2) is 53.4 Å². The molecule has 0 aliphatic carbocycles. The van der Waals surface area contributed by atoms with Crippen molar-refractivity contribution in [1.82, 2.24) is 0 Å². The van der Waals surface area contributed by atoms with Crippen LogP contribution >= 0.6 is 11.8 Å². The van der Waals surface area contributed by atoms with E-state index in [9.17, 15) is 4.79 Å². The molecular weight excluding hydrogens is 298 g/mol. The first-order chi connectivity index (χ1) is 10.7. The van der Waals surface area contributed by atoms with Crippen LogP contribution in [-0.4, -0.2) is 18.0 Å². The molecule has 0 saturated heterocycles. The Bertz CT molecular complexity index is 660. The van der Waals surface area contributed by atoms with Crippen LogP contribution in [0.4, 0.5) is 10.5 Å². The summed E-state index contributed by atoms with van der Waals surface area (Å²) in [4.78, 5) is 12.9. The van der Waals surface area contributed by atoms with Gasteiger partial charge in [0.05, 0.1) is 0 Å². The van der Waals surface area contributed by atoms with Crippen LogP contribution in [0.3, 0.4) is 0 Å². The first-order valence-electron chi connectivity index (χ1n) is 7.12. The lowest BCUT2D eigenvalue weighted by atomic mass is 10.2. The topological polar surface area (TPSA) is 47.6 Å². The lowest BCUT2D eigenvalue weighted by molar-refractivity contribution is 0.155. The smallest absolute Gasteiger partial charge is 0.411 e. The molecule has 0 aromatic heterocycles. The minimum Gasteiger partial charge on any atom is -0.491 e. The number of nitrogens with one attached hydrogen (secondary N) is 1. The lowest BCUT2D eigenvalue weighted by Gasteiger charge is -2.22. The van der Waals surface area contributed by atoms with Crippen molar-refractivity contribution >= 4 is 23.5 Å². The fraction of sp³-hybridized carbons (Fsp3) is 0.235. The molecule has 2 aromatic carbocycles. The first kappa shape index (κ1) is 14.8. The van der Waals surface area contributed by atoms with Crippen molar-refractivity contribution in [3.63, 3.8) is 0 Å². The zero-order valence-electron chi connectivity index (χ0n) is 12.2. The molecule has 1 heterocycles. The van der Waals surface area contributed by atoms with Crippen molar-refractivity contribution in [2.75, 3.05) is 11.9 Å². The standard InChI is InChI=1S/C17H17NO3S/c1-12-10-20-15-9-14(7-8-16(15)22-12)18-17(19)21-11-13-5-3-2-4-6-13/h2-9,12H,10-11H2,1H3,(H,18,19). The summed E-state index contributed by atoms with van der Waals surface area (Å²) in [6, 6.07) is 15.2. The van der Waals surface area contributed by atoms with Crippen LogP contribution < -0.4 is 10.1 Å². The molecule has 1 amide bonds. The highest BCUT2D eigenvalue weighted by Gasteiger charge is 2.17. The SMILES string of the molecule is CC1COc2cc(NC(=O)OCc3ccccc3)ccc2S1. The van der Waals surface area contributed by atoms with Gasteiger partial charge in [0.2, 0.25) is 0 Å². The molecule has 0 fully saturated rings. The number of carbonyl (C=O) groups is 1. The van der Waals surface area contributed by atoms with E-state index in [1.807, 2.05) is 48.5 Å². The molecule has 114 valence electrons. The minimum absolute atomic E-state index is 0.251. The number of ether oxygens (including phenoxy) is 2. The van der Waals surface area contributed by atoms with Crippen molar-refractivity contribution in [3.8, 4) is 5.75 Å². The summed E-state index contributed by atoms with van der Waals surface area (Å²) in [5, 5.41) is 3.17. The third-order valence-corrected chi connectivity index (χ3v) is 4.33. The molecule has 1 atom stereocenters. The maximum absolute atomic E-state index is 11.8. The van der Waals surface area contributed by atoms with Gasteiger partial charge in [0.15, 0.2) is 0 Å². The van der Waals surface area contributed by atoms with Gasteiger partial charge in [-0.25, -0.2) is 4.79 Å². The van der Waals surface area contributed by atoms with E-state index in [0.717, 1.165) is 16.2 Å². The Labute approximate surface area is 133 Å². The average molecular weight is 315 g/mol. The van der Waals surface area contributed by atoms with Gasteiger partial charge in [0.1, 0.15) is 19.0 Å². The van der Waals surface area contributed by atoms with E-state index in [1.165, 1.54) is 0 Å². The highest BCUT2D eigenvalue weighted by molar-refractivity contribution is 8.00. The summed E-state index contributed by atoms with van der Waals surface area (Å²) in [5.74, 6) is 0.809. The van der Waals surface area contributed by atoms with Crippen molar-refractivity contribution in [3.05, 3.63) is 54.1 Å². The Morgan fingerprint density at radius 3 is 2.95 bits per heavy atom. The van der Waals surface area contributed by atoms with Gasteiger partial charge in [0.25, 0.3) is 0 Å². The molecule has 0 spiro atoms. The molecule has 0 radical (unpaired) electrons. The molecule has 1 N–H and O–H groups in total. The molecule has 1 aliphatic heterocycles. The fourth-order valence-corrected chi connectivity index (χ4v) is 3.08. The van der Waals surface area contributed by atoms with Crippen molar-refractivity contribution in [2.45, 2.75) is 23.7 Å².